The molecule has 106 valence electrons. The third-order valence-corrected chi connectivity index (χ3v) is 3.23. The third-order valence-electron chi connectivity index (χ3n) is 3.23. The Balaban J connectivity index is 1.85. The third kappa shape index (κ3) is 2.53. The summed E-state index contributed by atoms with van der Waals surface area (Å²) in [5.41, 5.74) is 2.61. The molecule has 0 aliphatic carbocycles. The van der Waals surface area contributed by atoms with E-state index in [1.54, 1.807) is 35.6 Å². The number of hydrogen-bond acceptors (Lipinski definition) is 4. The first kappa shape index (κ1) is 13.0. The molecule has 21 heavy (non-hydrogen) atoms. The highest BCUT2D eigenvalue weighted by Crippen LogP contribution is 2.27. The Hall–Kier alpha value is -2.96. The maximum atomic E-state index is 12.4. The van der Waals surface area contributed by atoms with Gasteiger partial charge in [-0.05, 0) is 18.2 Å². The molecule has 0 unspecified atom stereocenters. The van der Waals surface area contributed by atoms with Crippen LogP contribution in [0.2, 0.25) is 0 Å². The second kappa shape index (κ2) is 5.20. The number of rotatable bonds is 3. The van der Waals surface area contributed by atoms with Crippen molar-refractivity contribution in [2.45, 2.75) is 13.1 Å². The van der Waals surface area contributed by atoms with Crippen LogP contribution in [0.1, 0.15) is 21.6 Å². The van der Waals surface area contributed by atoms with Crippen molar-refractivity contribution in [2.24, 2.45) is 0 Å². The zero-order valence-corrected chi connectivity index (χ0v) is 11.0. The molecule has 3 rings (SSSR count). The molecular weight excluding hydrogens is 272 g/mol. The lowest BCUT2D eigenvalue weighted by atomic mass is 10.1. The molecule has 1 aliphatic heterocycles. The first-order chi connectivity index (χ1) is 10.1. The van der Waals surface area contributed by atoms with Crippen LogP contribution in [0.4, 0.5) is 10.5 Å². The van der Waals surface area contributed by atoms with Crippen LogP contribution in [0.15, 0.2) is 36.8 Å². The normalized spacial score (nSPS) is 13.1. The number of pyridine rings is 2. The number of hydrogen-bond donors (Lipinski definition) is 2. The van der Waals surface area contributed by atoms with Gasteiger partial charge in [0.2, 0.25) is 0 Å². The number of aromatic nitrogens is 2. The number of carboxylic acid groups (broad SMARTS) is 1. The van der Waals surface area contributed by atoms with E-state index in [-0.39, 0.29) is 12.5 Å². The second-order valence-corrected chi connectivity index (χ2v) is 4.59. The van der Waals surface area contributed by atoms with Crippen LogP contribution in [-0.4, -0.2) is 27.1 Å². The molecule has 0 atom stereocenters. The number of nitrogens with one attached hydrogen (secondary N) is 1. The maximum absolute atomic E-state index is 12.4. The quantitative estimate of drug-likeness (QED) is 0.888. The summed E-state index contributed by atoms with van der Waals surface area (Å²) in [5.74, 6) is -0.128. The average Bonchev–Trinajstić information content (AvgIpc) is 2.83. The van der Waals surface area contributed by atoms with Gasteiger partial charge in [0.1, 0.15) is 0 Å². The fourth-order valence-electron chi connectivity index (χ4n) is 2.22. The predicted molar refractivity (Wildman–Crippen MR) is 73.9 cm³/mol. The summed E-state index contributed by atoms with van der Waals surface area (Å²) in [5, 5.41) is 10.8. The van der Waals surface area contributed by atoms with Gasteiger partial charge in [-0.25, -0.2) is 4.79 Å². The molecule has 0 saturated carbocycles. The molecule has 3 heterocycles. The van der Waals surface area contributed by atoms with Crippen LogP contribution in [0, 0.1) is 0 Å². The van der Waals surface area contributed by atoms with E-state index in [0.29, 0.717) is 17.8 Å². The minimum atomic E-state index is -1.12. The van der Waals surface area contributed by atoms with Crippen molar-refractivity contribution in [3.8, 4) is 0 Å². The lowest BCUT2D eigenvalue weighted by Crippen LogP contribution is -2.23. The van der Waals surface area contributed by atoms with Crippen molar-refractivity contribution in [2.75, 3.05) is 4.90 Å². The smallest absolute Gasteiger partial charge is 0.404 e. The summed E-state index contributed by atoms with van der Waals surface area (Å²) in [7, 11) is 0. The van der Waals surface area contributed by atoms with E-state index >= 15 is 0 Å². The van der Waals surface area contributed by atoms with Gasteiger partial charge in [0.25, 0.3) is 5.91 Å². The number of carbonyl (C=O) groups excluding carboxylic acids is 1. The van der Waals surface area contributed by atoms with Crippen molar-refractivity contribution >= 4 is 17.7 Å². The Labute approximate surface area is 120 Å². The van der Waals surface area contributed by atoms with Crippen molar-refractivity contribution in [3.05, 3.63) is 53.6 Å². The molecule has 7 heteroatoms. The molecule has 0 fully saturated rings. The Morgan fingerprint density at radius 2 is 2.29 bits per heavy atom. The lowest BCUT2D eigenvalue weighted by molar-refractivity contribution is 0.0996. The van der Waals surface area contributed by atoms with Gasteiger partial charge in [-0.15, -0.1) is 0 Å². The highest BCUT2D eigenvalue weighted by atomic mass is 16.4. The maximum Gasteiger partial charge on any atom is 0.404 e. The number of nitrogens with zero attached hydrogens (tertiary/aromatic N) is 3. The monoisotopic (exact) mass is 284 g/mol. The molecule has 0 spiro atoms. The van der Waals surface area contributed by atoms with E-state index in [9.17, 15) is 9.59 Å². The SMILES string of the molecule is O=C(O)NCc1cc2c(cn1)CN(c1cccnc1)C2=O. The number of fused-ring (bicyclic) bond motifs is 1. The zero-order chi connectivity index (χ0) is 14.8. The summed E-state index contributed by atoms with van der Waals surface area (Å²) in [6.45, 7) is 0.516. The number of carbonyl (C=O) groups is 2. The molecule has 7 nitrogen and oxygen atoms in total. The minimum Gasteiger partial charge on any atom is -0.465 e. The first-order valence-electron chi connectivity index (χ1n) is 6.31. The van der Waals surface area contributed by atoms with Crippen LogP contribution in [0.25, 0.3) is 0 Å². The molecule has 2 N–H and O–H groups in total. The van der Waals surface area contributed by atoms with E-state index < -0.39 is 6.09 Å². The molecule has 0 saturated heterocycles. The number of anilines is 1. The molecular formula is C14H12N4O3. The molecule has 0 aromatic carbocycles. The fraction of sp³-hybridized carbons (Fsp3) is 0.143. The summed E-state index contributed by atoms with van der Waals surface area (Å²) >= 11 is 0. The summed E-state index contributed by atoms with van der Waals surface area (Å²) in [4.78, 5) is 32.7. The van der Waals surface area contributed by atoms with Gasteiger partial charge in [-0.1, -0.05) is 0 Å². The first-order valence-corrected chi connectivity index (χ1v) is 6.31. The summed E-state index contributed by atoms with van der Waals surface area (Å²) in [6, 6.07) is 5.22. The zero-order valence-electron chi connectivity index (χ0n) is 11.0. The highest BCUT2D eigenvalue weighted by molar-refractivity contribution is 6.09. The molecule has 2 amide bonds. The van der Waals surface area contributed by atoms with Crippen LogP contribution in [0.3, 0.4) is 0 Å². The van der Waals surface area contributed by atoms with E-state index in [2.05, 4.69) is 15.3 Å². The standard InChI is InChI=1S/C14H12N4O3/c19-13-12-4-10(6-17-14(20)21)16-5-9(12)8-18(13)11-2-1-3-15-7-11/h1-5,7,17H,6,8H2,(H,20,21). The molecule has 2 aromatic rings. The number of amides is 2. The summed E-state index contributed by atoms with van der Waals surface area (Å²) < 4.78 is 0. The van der Waals surface area contributed by atoms with Crippen LogP contribution < -0.4 is 10.2 Å². The highest BCUT2D eigenvalue weighted by Gasteiger charge is 2.29. The Kier molecular flexibility index (Phi) is 3.23. The van der Waals surface area contributed by atoms with Crippen molar-refractivity contribution < 1.29 is 14.7 Å². The second-order valence-electron chi connectivity index (χ2n) is 4.59. The van der Waals surface area contributed by atoms with Gasteiger partial charge in [0, 0.05) is 23.5 Å². The Bertz CT molecular complexity index is 703. The molecule has 0 radical (unpaired) electrons. The van der Waals surface area contributed by atoms with Crippen LogP contribution >= 0.6 is 0 Å². The van der Waals surface area contributed by atoms with E-state index in [0.717, 1.165) is 11.3 Å². The topological polar surface area (TPSA) is 95.4 Å². The van der Waals surface area contributed by atoms with Crippen molar-refractivity contribution in [3.63, 3.8) is 0 Å². The lowest BCUT2D eigenvalue weighted by Gasteiger charge is -2.14. The minimum absolute atomic E-state index is 0.0722. The molecule has 2 aromatic heterocycles. The van der Waals surface area contributed by atoms with Gasteiger partial charge < -0.3 is 15.3 Å². The van der Waals surface area contributed by atoms with Crippen LogP contribution in [0.5, 0.6) is 0 Å². The van der Waals surface area contributed by atoms with E-state index in [1.165, 1.54) is 0 Å². The van der Waals surface area contributed by atoms with Crippen LogP contribution in [-0.2, 0) is 13.1 Å². The average molecular weight is 284 g/mol. The Morgan fingerprint density at radius 3 is 3.00 bits per heavy atom. The van der Waals surface area contributed by atoms with Crippen molar-refractivity contribution in [1.29, 1.82) is 0 Å². The van der Waals surface area contributed by atoms with Gasteiger partial charge in [0.15, 0.2) is 0 Å². The molecule has 1 aliphatic rings. The van der Waals surface area contributed by atoms with E-state index in [1.807, 2.05) is 6.07 Å². The van der Waals surface area contributed by atoms with Crippen molar-refractivity contribution in [1.82, 2.24) is 15.3 Å². The van der Waals surface area contributed by atoms with Gasteiger partial charge in [0.05, 0.1) is 30.7 Å². The predicted octanol–water partition coefficient (Wildman–Crippen LogP) is 1.40. The van der Waals surface area contributed by atoms with Gasteiger partial charge in [-0.2, -0.15) is 0 Å². The van der Waals surface area contributed by atoms with E-state index in [4.69, 9.17) is 5.11 Å². The Morgan fingerprint density at radius 1 is 1.43 bits per heavy atom. The fourth-order valence-corrected chi connectivity index (χ4v) is 2.22. The van der Waals surface area contributed by atoms with Gasteiger partial charge >= 0.3 is 6.09 Å². The van der Waals surface area contributed by atoms with Gasteiger partial charge in [-0.3, -0.25) is 14.8 Å². The largest absolute Gasteiger partial charge is 0.465 e. The molecule has 0 bridgehead atoms. The summed E-state index contributed by atoms with van der Waals surface area (Å²) in [6.07, 6.45) is 3.77.